The molecule has 2 aromatic carbocycles. The Morgan fingerprint density at radius 2 is 1.74 bits per heavy atom. The first-order valence-corrected chi connectivity index (χ1v) is 6.34. The molecule has 0 saturated heterocycles. The van der Waals surface area contributed by atoms with E-state index in [0.717, 1.165) is 0 Å². The van der Waals surface area contributed by atoms with Crippen molar-refractivity contribution in [1.29, 1.82) is 0 Å². The van der Waals surface area contributed by atoms with Gasteiger partial charge in [-0.1, -0.05) is 24.3 Å². The second kappa shape index (κ2) is 5.93. The predicted octanol–water partition coefficient (Wildman–Crippen LogP) is 3.66. The Morgan fingerprint density at radius 3 is 2.42 bits per heavy atom. The lowest BCUT2D eigenvalue weighted by Gasteiger charge is -2.08. The maximum atomic E-state index is 13.5. The summed E-state index contributed by atoms with van der Waals surface area (Å²) in [5, 5.41) is 2.49. The second-order valence-corrected chi connectivity index (χ2v) is 4.73. The van der Waals surface area contributed by atoms with Crippen molar-refractivity contribution >= 4 is 21.8 Å². The number of hydrogen-bond donors (Lipinski definition) is 1. The minimum Gasteiger partial charge on any atom is -0.348 e. The van der Waals surface area contributed by atoms with Gasteiger partial charge in [0, 0.05) is 16.6 Å². The molecule has 2 aromatic rings. The number of hydrogen-bond acceptors (Lipinski definition) is 1. The highest BCUT2D eigenvalue weighted by Crippen LogP contribution is 2.19. The molecule has 0 aromatic heterocycles. The summed E-state index contributed by atoms with van der Waals surface area (Å²) in [4.78, 5) is 11.9. The van der Waals surface area contributed by atoms with Crippen LogP contribution in [0.5, 0.6) is 0 Å². The average molecular weight is 326 g/mol. The zero-order valence-corrected chi connectivity index (χ0v) is 11.4. The van der Waals surface area contributed by atoms with Gasteiger partial charge in [-0.15, -0.1) is 0 Å². The van der Waals surface area contributed by atoms with E-state index in [1.807, 2.05) is 0 Å². The Hall–Kier alpha value is -1.75. The third kappa shape index (κ3) is 3.17. The van der Waals surface area contributed by atoms with Crippen LogP contribution in [0.25, 0.3) is 0 Å². The quantitative estimate of drug-likeness (QED) is 0.916. The van der Waals surface area contributed by atoms with E-state index in [1.165, 1.54) is 18.2 Å². The molecule has 0 fully saturated rings. The summed E-state index contributed by atoms with van der Waals surface area (Å²) in [5.74, 6) is -1.62. The van der Waals surface area contributed by atoms with Gasteiger partial charge < -0.3 is 5.32 Å². The number of carbonyl (C=O) groups is 1. The average Bonchev–Trinajstić information content (AvgIpc) is 2.37. The maximum absolute atomic E-state index is 13.5. The molecular weight excluding hydrogens is 316 g/mol. The van der Waals surface area contributed by atoms with Crippen molar-refractivity contribution in [3.05, 3.63) is 69.7 Å². The van der Waals surface area contributed by atoms with Crippen LogP contribution in [0, 0.1) is 11.6 Å². The monoisotopic (exact) mass is 325 g/mol. The van der Waals surface area contributed by atoms with E-state index in [0.29, 0.717) is 10.0 Å². The van der Waals surface area contributed by atoms with Crippen LogP contribution in [0.1, 0.15) is 15.9 Å². The normalized spacial score (nSPS) is 10.3. The van der Waals surface area contributed by atoms with Gasteiger partial charge in [-0.25, -0.2) is 8.78 Å². The Morgan fingerprint density at radius 1 is 1.05 bits per heavy atom. The Bertz CT molecular complexity index is 596. The van der Waals surface area contributed by atoms with Gasteiger partial charge in [-0.05, 0) is 34.1 Å². The fourth-order valence-corrected chi connectivity index (χ4v) is 2.14. The summed E-state index contributed by atoms with van der Waals surface area (Å²) in [5.41, 5.74) is 0.266. The summed E-state index contributed by atoms with van der Waals surface area (Å²) in [6.07, 6.45) is 0. The summed E-state index contributed by atoms with van der Waals surface area (Å²) < 4.78 is 27.3. The Balaban J connectivity index is 2.13. The summed E-state index contributed by atoms with van der Waals surface area (Å²) >= 11 is 3.11. The lowest BCUT2D eigenvalue weighted by Crippen LogP contribution is -2.24. The molecule has 19 heavy (non-hydrogen) atoms. The molecule has 0 aliphatic heterocycles. The minimum atomic E-state index is -0.625. The van der Waals surface area contributed by atoms with Crippen molar-refractivity contribution in [2.45, 2.75) is 6.54 Å². The highest BCUT2D eigenvalue weighted by atomic mass is 79.9. The zero-order valence-electron chi connectivity index (χ0n) is 9.79. The molecule has 2 rings (SSSR count). The van der Waals surface area contributed by atoms with Gasteiger partial charge >= 0.3 is 0 Å². The van der Waals surface area contributed by atoms with E-state index in [-0.39, 0.29) is 12.1 Å². The molecule has 0 aliphatic carbocycles. The number of carbonyl (C=O) groups excluding carboxylic acids is 1. The zero-order chi connectivity index (χ0) is 13.8. The molecule has 0 spiro atoms. The molecule has 0 unspecified atom stereocenters. The van der Waals surface area contributed by atoms with Crippen molar-refractivity contribution in [2.75, 3.05) is 0 Å². The first-order chi connectivity index (χ1) is 9.09. The lowest BCUT2D eigenvalue weighted by molar-refractivity contribution is 0.0945. The fourth-order valence-electron chi connectivity index (χ4n) is 1.62. The van der Waals surface area contributed by atoms with E-state index in [4.69, 9.17) is 0 Å². The van der Waals surface area contributed by atoms with Gasteiger partial charge in [0.05, 0.1) is 5.56 Å². The minimum absolute atomic E-state index is 0.00623. The van der Waals surface area contributed by atoms with E-state index >= 15 is 0 Å². The van der Waals surface area contributed by atoms with E-state index in [2.05, 4.69) is 21.2 Å². The summed E-state index contributed by atoms with van der Waals surface area (Å²) in [6, 6.07) is 10.4. The first-order valence-electron chi connectivity index (χ1n) is 5.55. The van der Waals surface area contributed by atoms with Crippen LogP contribution in [-0.4, -0.2) is 5.91 Å². The molecule has 1 amide bonds. The third-order valence-corrected chi connectivity index (χ3v) is 3.25. The van der Waals surface area contributed by atoms with Crippen LogP contribution in [0.15, 0.2) is 46.9 Å². The number of amides is 1. The molecule has 2 nitrogen and oxygen atoms in total. The molecule has 0 heterocycles. The van der Waals surface area contributed by atoms with Crippen LogP contribution < -0.4 is 5.32 Å². The molecule has 98 valence electrons. The number of benzene rings is 2. The SMILES string of the molecule is O=C(NCc1ccccc1F)c1c(F)cccc1Br. The van der Waals surface area contributed by atoms with Crippen LogP contribution >= 0.6 is 15.9 Å². The molecule has 0 radical (unpaired) electrons. The van der Waals surface area contributed by atoms with E-state index < -0.39 is 17.5 Å². The van der Waals surface area contributed by atoms with Gasteiger partial charge in [0.25, 0.3) is 5.91 Å². The van der Waals surface area contributed by atoms with Crippen LogP contribution in [-0.2, 0) is 6.54 Å². The van der Waals surface area contributed by atoms with E-state index in [9.17, 15) is 13.6 Å². The van der Waals surface area contributed by atoms with Gasteiger partial charge in [-0.3, -0.25) is 4.79 Å². The van der Waals surface area contributed by atoms with Crippen LogP contribution in [0.2, 0.25) is 0 Å². The van der Waals surface area contributed by atoms with Crippen molar-refractivity contribution < 1.29 is 13.6 Å². The van der Waals surface area contributed by atoms with Gasteiger partial charge in [0.15, 0.2) is 0 Å². The topological polar surface area (TPSA) is 29.1 Å². The van der Waals surface area contributed by atoms with Crippen molar-refractivity contribution in [2.24, 2.45) is 0 Å². The molecule has 0 saturated carbocycles. The van der Waals surface area contributed by atoms with Gasteiger partial charge in [0.2, 0.25) is 0 Å². The molecule has 0 atom stereocenters. The third-order valence-electron chi connectivity index (χ3n) is 2.59. The molecule has 0 aliphatic rings. The van der Waals surface area contributed by atoms with Gasteiger partial charge in [0.1, 0.15) is 11.6 Å². The standard InChI is InChI=1S/C14H10BrF2NO/c15-10-5-3-7-12(17)13(10)14(19)18-8-9-4-1-2-6-11(9)16/h1-7H,8H2,(H,18,19). The molecule has 1 N–H and O–H groups in total. The van der Waals surface area contributed by atoms with E-state index in [1.54, 1.807) is 24.3 Å². The highest BCUT2D eigenvalue weighted by molar-refractivity contribution is 9.10. The largest absolute Gasteiger partial charge is 0.348 e. The first kappa shape index (κ1) is 13.7. The molecule has 5 heteroatoms. The van der Waals surface area contributed by atoms with Crippen LogP contribution in [0.3, 0.4) is 0 Å². The number of nitrogens with one attached hydrogen (secondary N) is 1. The van der Waals surface area contributed by atoms with Crippen molar-refractivity contribution in [3.63, 3.8) is 0 Å². The van der Waals surface area contributed by atoms with Crippen LogP contribution in [0.4, 0.5) is 8.78 Å². The summed E-state index contributed by atoms with van der Waals surface area (Å²) in [6.45, 7) is 0.00623. The number of rotatable bonds is 3. The fraction of sp³-hybridized carbons (Fsp3) is 0.0714. The summed E-state index contributed by atoms with van der Waals surface area (Å²) in [7, 11) is 0. The molecule has 0 bridgehead atoms. The number of halogens is 3. The highest BCUT2D eigenvalue weighted by Gasteiger charge is 2.15. The Kier molecular flexibility index (Phi) is 4.27. The Labute approximate surface area is 117 Å². The van der Waals surface area contributed by atoms with Crippen molar-refractivity contribution in [3.8, 4) is 0 Å². The van der Waals surface area contributed by atoms with Crippen molar-refractivity contribution in [1.82, 2.24) is 5.32 Å². The second-order valence-electron chi connectivity index (χ2n) is 3.87. The lowest BCUT2D eigenvalue weighted by atomic mass is 10.1. The maximum Gasteiger partial charge on any atom is 0.255 e. The van der Waals surface area contributed by atoms with Gasteiger partial charge in [-0.2, -0.15) is 0 Å². The predicted molar refractivity (Wildman–Crippen MR) is 71.7 cm³/mol. The molecular formula is C14H10BrF2NO. The smallest absolute Gasteiger partial charge is 0.255 e.